The van der Waals surface area contributed by atoms with Gasteiger partial charge in [0.2, 0.25) is 14.2 Å². The molecule has 1 aromatic heterocycles. The number of sulfone groups is 1. The molecule has 2 N–H and O–H groups in total. The lowest BCUT2D eigenvalue weighted by molar-refractivity contribution is 0.217. The first-order chi connectivity index (χ1) is 8.03. The van der Waals surface area contributed by atoms with E-state index >= 15 is 0 Å². The molecule has 0 saturated carbocycles. The van der Waals surface area contributed by atoms with Crippen LogP contribution in [0.25, 0.3) is 10.2 Å². The summed E-state index contributed by atoms with van der Waals surface area (Å²) >= 11 is 1.13. The van der Waals surface area contributed by atoms with Gasteiger partial charge < -0.3 is 10.5 Å². The molecule has 0 spiro atoms. The minimum atomic E-state index is -3.36. The van der Waals surface area contributed by atoms with E-state index in [1.807, 2.05) is 0 Å². The fraction of sp³-hybridized carbons (Fsp3) is 0.300. The molecule has 0 aliphatic heterocycles. The Labute approximate surface area is 103 Å². The fourth-order valence-corrected chi connectivity index (χ4v) is 3.90. The van der Waals surface area contributed by atoms with Gasteiger partial charge in [-0.15, -0.1) is 11.3 Å². The SMILES string of the molecule is COCCS(=O)(=O)c1nc2ccc(N)cc2s1. The van der Waals surface area contributed by atoms with E-state index in [2.05, 4.69) is 4.98 Å². The predicted octanol–water partition coefficient (Wildman–Crippen LogP) is 1.30. The molecule has 0 radical (unpaired) electrons. The lowest BCUT2D eigenvalue weighted by Gasteiger charge is -1.98. The lowest BCUT2D eigenvalue weighted by Crippen LogP contribution is -2.11. The third-order valence-electron chi connectivity index (χ3n) is 2.22. The largest absolute Gasteiger partial charge is 0.399 e. The molecule has 0 atom stereocenters. The highest BCUT2D eigenvalue weighted by molar-refractivity contribution is 7.93. The summed E-state index contributed by atoms with van der Waals surface area (Å²) in [4.78, 5) is 4.10. The molecule has 5 nitrogen and oxygen atoms in total. The number of methoxy groups -OCH3 is 1. The van der Waals surface area contributed by atoms with Gasteiger partial charge in [0.25, 0.3) is 0 Å². The van der Waals surface area contributed by atoms with E-state index in [0.717, 1.165) is 16.0 Å². The summed E-state index contributed by atoms with van der Waals surface area (Å²) in [5, 5.41) is 0. The molecule has 2 aromatic rings. The van der Waals surface area contributed by atoms with Crippen LogP contribution in [0.1, 0.15) is 0 Å². The van der Waals surface area contributed by atoms with Gasteiger partial charge >= 0.3 is 0 Å². The minimum absolute atomic E-state index is 0.0567. The van der Waals surface area contributed by atoms with Gasteiger partial charge in [-0.25, -0.2) is 13.4 Å². The average Bonchev–Trinajstić information content (AvgIpc) is 2.70. The van der Waals surface area contributed by atoms with Crippen LogP contribution in [-0.4, -0.2) is 32.9 Å². The van der Waals surface area contributed by atoms with Crippen LogP contribution < -0.4 is 5.73 Å². The number of aromatic nitrogens is 1. The standard InChI is InChI=1S/C10H12N2O3S2/c1-15-4-5-17(13,14)10-12-8-3-2-7(11)6-9(8)16-10/h2-3,6H,4-5,11H2,1H3. The summed E-state index contributed by atoms with van der Waals surface area (Å²) in [6.45, 7) is 0.167. The number of benzene rings is 1. The normalized spacial score (nSPS) is 12.1. The first-order valence-corrected chi connectivity index (χ1v) is 7.37. The summed E-state index contributed by atoms with van der Waals surface area (Å²) in [5.41, 5.74) is 6.88. The van der Waals surface area contributed by atoms with E-state index in [1.165, 1.54) is 7.11 Å². The van der Waals surface area contributed by atoms with Gasteiger partial charge in [-0.3, -0.25) is 0 Å². The van der Waals surface area contributed by atoms with Crippen LogP contribution >= 0.6 is 11.3 Å². The number of hydrogen-bond donors (Lipinski definition) is 1. The maximum Gasteiger partial charge on any atom is 0.210 e. The molecule has 1 heterocycles. The zero-order valence-electron chi connectivity index (χ0n) is 9.21. The molecule has 0 saturated heterocycles. The Morgan fingerprint density at radius 1 is 1.47 bits per heavy atom. The monoisotopic (exact) mass is 272 g/mol. The summed E-state index contributed by atoms with van der Waals surface area (Å²) in [6, 6.07) is 5.15. The third-order valence-corrected chi connectivity index (χ3v) is 5.37. The molecule has 1 aromatic carbocycles. The number of fused-ring (bicyclic) bond motifs is 1. The van der Waals surface area contributed by atoms with Crippen LogP contribution in [0.2, 0.25) is 0 Å². The maximum absolute atomic E-state index is 11.9. The van der Waals surface area contributed by atoms with E-state index in [-0.39, 0.29) is 16.7 Å². The number of thiazole rings is 1. The number of hydrogen-bond acceptors (Lipinski definition) is 6. The summed E-state index contributed by atoms with van der Waals surface area (Å²) in [5.74, 6) is -0.0567. The van der Waals surface area contributed by atoms with Gasteiger partial charge in [0.15, 0.2) is 0 Å². The number of anilines is 1. The van der Waals surface area contributed by atoms with Gasteiger partial charge in [-0.2, -0.15) is 0 Å². The van der Waals surface area contributed by atoms with Crippen molar-refractivity contribution in [3.8, 4) is 0 Å². The molecular formula is C10H12N2O3S2. The van der Waals surface area contributed by atoms with Gasteiger partial charge in [0, 0.05) is 12.8 Å². The first-order valence-electron chi connectivity index (χ1n) is 4.91. The summed E-state index contributed by atoms with van der Waals surface area (Å²) in [6.07, 6.45) is 0. The highest BCUT2D eigenvalue weighted by atomic mass is 32.2. The molecule has 0 fully saturated rings. The molecule has 2 rings (SSSR count). The van der Waals surface area contributed by atoms with E-state index in [9.17, 15) is 8.42 Å². The summed E-state index contributed by atoms with van der Waals surface area (Å²) in [7, 11) is -1.89. The molecule has 0 aliphatic rings. The Kier molecular flexibility index (Phi) is 3.32. The van der Waals surface area contributed by atoms with E-state index in [1.54, 1.807) is 18.2 Å². The lowest BCUT2D eigenvalue weighted by atomic mass is 10.3. The number of nitrogens with zero attached hydrogens (tertiary/aromatic N) is 1. The first kappa shape index (κ1) is 12.3. The van der Waals surface area contributed by atoms with Crippen LogP contribution in [-0.2, 0) is 14.6 Å². The average molecular weight is 272 g/mol. The van der Waals surface area contributed by atoms with Gasteiger partial charge in [0.1, 0.15) is 0 Å². The highest BCUT2D eigenvalue weighted by Crippen LogP contribution is 2.27. The molecule has 7 heteroatoms. The zero-order chi connectivity index (χ0) is 12.5. The van der Waals surface area contributed by atoms with Crippen molar-refractivity contribution in [2.24, 2.45) is 0 Å². The second-order valence-electron chi connectivity index (χ2n) is 3.52. The number of ether oxygens (including phenoxy) is 1. The second kappa shape index (κ2) is 4.59. The fourth-order valence-electron chi connectivity index (χ4n) is 1.33. The molecular weight excluding hydrogens is 260 g/mol. The van der Waals surface area contributed by atoms with Gasteiger partial charge in [-0.05, 0) is 18.2 Å². The van der Waals surface area contributed by atoms with Crippen LogP contribution in [0.4, 0.5) is 5.69 Å². The third kappa shape index (κ3) is 2.56. The van der Waals surface area contributed by atoms with Crippen molar-refractivity contribution in [1.82, 2.24) is 4.98 Å². The Morgan fingerprint density at radius 2 is 2.24 bits per heavy atom. The molecule has 0 bridgehead atoms. The van der Waals surface area contributed by atoms with E-state index in [4.69, 9.17) is 10.5 Å². The van der Waals surface area contributed by atoms with Crippen molar-refractivity contribution in [3.05, 3.63) is 18.2 Å². The van der Waals surface area contributed by atoms with E-state index in [0.29, 0.717) is 11.2 Å². The highest BCUT2D eigenvalue weighted by Gasteiger charge is 2.19. The van der Waals surface area contributed by atoms with Crippen LogP contribution in [0.3, 0.4) is 0 Å². The van der Waals surface area contributed by atoms with Gasteiger partial charge in [-0.1, -0.05) is 0 Å². The number of nitrogen functional groups attached to an aromatic ring is 1. The van der Waals surface area contributed by atoms with E-state index < -0.39 is 9.84 Å². The molecule has 92 valence electrons. The molecule has 0 amide bonds. The van der Waals surface area contributed by atoms with Gasteiger partial charge in [0.05, 0.1) is 22.6 Å². The van der Waals surface area contributed by atoms with Crippen molar-refractivity contribution in [2.75, 3.05) is 25.2 Å². The Bertz CT molecular complexity index is 634. The Balaban J connectivity index is 2.43. The Hall–Kier alpha value is -1.18. The van der Waals surface area contributed by atoms with Crippen LogP contribution in [0.5, 0.6) is 0 Å². The predicted molar refractivity (Wildman–Crippen MR) is 68.0 cm³/mol. The Morgan fingerprint density at radius 3 is 2.94 bits per heavy atom. The van der Waals surface area contributed by atoms with Crippen molar-refractivity contribution in [1.29, 1.82) is 0 Å². The van der Waals surface area contributed by atoms with Crippen LogP contribution in [0, 0.1) is 0 Å². The van der Waals surface area contributed by atoms with Crippen LogP contribution in [0.15, 0.2) is 22.5 Å². The quantitative estimate of drug-likeness (QED) is 0.848. The number of rotatable bonds is 4. The van der Waals surface area contributed by atoms with Crippen molar-refractivity contribution in [2.45, 2.75) is 4.34 Å². The van der Waals surface area contributed by atoms with Crippen molar-refractivity contribution >= 4 is 37.1 Å². The summed E-state index contributed by atoms with van der Waals surface area (Å²) < 4.78 is 29.4. The molecule has 17 heavy (non-hydrogen) atoms. The number of nitrogens with two attached hydrogens (primary N) is 1. The second-order valence-corrected chi connectivity index (χ2v) is 6.83. The maximum atomic E-state index is 11.9. The zero-order valence-corrected chi connectivity index (χ0v) is 10.8. The van der Waals surface area contributed by atoms with Crippen molar-refractivity contribution < 1.29 is 13.2 Å². The topological polar surface area (TPSA) is 82.3 Å². The van der Waals surface area contributed by atoms with Crippen molar-refractivity contribution in [3.63, 3.8) is 0 Å². The minimum Gasteiger partial charge on any atom is -0.399 e. The molecule has 0 aliphatic carbocycles. The smallest absolute Gasteiger partial charge is 0.210 e. The molecule has 0 unspecified atom stereocenters.